The van der Waals surface area contributed by atoms with Gasteiger partial charge in [-0.05, 0) is 31.5 Å². The maximum absolute atomic E-state index is 14.1. The first-order chi connectivity index (χ1) is 12.6. The Hall–Kier alpha value is -1.67. The van der Waals surface area contributed by atoms with E-state index in [0.29, 0.717) is 0 Å². The molecular formula is C16H20ClF2N2O5P. The molecule has 0 saturated carbocycles. The van der Waals surface area contributed by atoms with Crippen molar-refractivity contribution in [2.75, 3.05) is 33.2 Å². The Kier molecular flexibility index (Phi) is 6.52. The van der Waals surface area contributed by atoms with Crippen molar-refractivity contribution in [1.82, 2.24) is 4.98 Å². The summed E-state index contributed by atoms with van der Waals surface area (Å²) in [6.45, 7) is 2.97. The molecule has 0 bridgehead atoms. The lowest BCUT2D eigenvalue weighted by Crippen LogP contribution is -2.26. The number of nitrogens with zero attached hydrogens (tertiary/aromatic N) is 1. The molecule has 7 nitrogen and oxygen atoms in total. The molecule has 150 valence electrons. The Morgan fingerprint density at radius 2 is 1.67 bits per heavy atom. The van der Waals surface area contributed by atoms with Gasteiger partial charge in [0, 0.05) is 11.5 Å². The van der Waals surface area contributed by atoms with Crippen LogP contribution in [0.2, 0.25) is 0 Å². The number of benzene rings is 1. The zero-order valence-electron chi connectivity index (χ0n) is 15.2. The Morgan fingerprint density at radius 1 is 1.15 bits per heavy atom. The summed E-state index contributed by atoms with van der Waals surface area (Å²) in [7, 11) is -1.42. The van der Waals surface area contributed by atoms with Gasteiger partial charge in [-0.25, -0.2) is 4.98 Å². The van der Waals surface area contributed by atoms with Gasteiger partial charge in [0.15, 0.2) is 11.5 Å². The molecule has 2 N–H and O–H groups in total. The van der Waals surface area contributed by atoms with Crippen molar-refractivity contribution in [3.8, 4) is 11.5 Å². The summed E-state index contributed by atoms with van der Waals surface area (Å²) in [6.07, 6.45) is 0. The molecule has 2 aromatic rings. The third-order valence-electron chi connectivity index (χ3n) is 3.64. The van der Waals surface area contributed by atoms with Gasteiger partial charge in [-0.1, -0.05) is 0 Å². The number of nitrogen functional groups attached to an aromatic ring is 1. The van der Waals surface area contributed by atoms with Crippen LogP contribution in [0.5, 0.6) is 11.5 Å². The van der Waals surface area contributed by atoms with Gasteiger partial charge < -0.3 is 24.3 Å². The SMILES string of the molecule is CCOP(=O)(OCC)c1c(C(F)(F)Cl)nc2cc(OC)c(OC)cc2c1N. The van der Waals surface area contributed by atoms with Crippen molar-refractivity contribution in [3.05, 3.63) is 17.8 Å². The predicted octanol–water partition coefficient (Wildman–Crippen LogP) is 4.01. The Labute approximate surface area is 160 Å². The zero-order valence-corrected chi connectivity index (χ0v) is 16.9. The second kappa shape index (κ2) is 8.14. The molecule has 1 aromatic carbocycles. The highest BCUT2D eigenvalue weighted by Gasteiger charge is 2.43. The van der Waals surface area contributed by atoms with Gasteiger partial charge in [0.05, 0.1) is 38.6 Å². The van der Waals surface area contributed by atoms with E-state index in [1.807, 2.05) is 0 Å². The van der Waals surface area contributed by atoms with Gasteiger partial charge in [-0.15, -0.1) is 0 Å². The summed E-state index contributed by atoms with van der Waals surface area (Å²) in [5, 5.41) is -4.31. The van der Waals surface area contributed by atoms with E-state index < -0.39 is 24.0 Å². The molecular weight excluding hydrogens is 405 g/mol. The van der Waals surface area contributed by atoms with Crippen LogP contribution in [-0.4, -0.2) is 32.4 Å². The maximum Gasteiger partial charge on any atom is 0.365 e. The number of hydrogen-bond donors (Lipinski definition) is 1. The van der Waals surface area contributed by atoms with E-state index >= 15 is 0 Å². The van der Waals surface area contributed by atoms with E-state index in [1.54, 1.807) is 13.8 Å². The van der Waals surface area contributed by atoms with E-state index in [9.17, 15) is 13.3 Å². The number of alkyl halides is 3. The molecule has 2 rings (SSSR count). The number of rotatable bonds is 8. The third-order valence-corrected chi connectivity index (χ3v) is 6.02. The Bertz CT molecular complexity index is 881. The van der Waals surface area contributed by atoms with Crippen LogP contribution in [-0.2, 0) is 19.0 Å². The average Bonchev–Trinajstić information content (AvgIpc) is 2.59. The van der Waals surface area contributed by atoms with Crippen LogP contribution in [0.3, 0.4) is 0 Å². The molecule has 0 aliphatic heterocycles. The van der Waals surface area contributed by atoms with Crippen molar-refractivity contribution in [2.24, 2.45) is 0 Å². The maximum atomic E-state index is 14.1. The molecule has 1 heterocycles. The molecule has 0 aliphatic rings. The van der Waals surface area contributed by atoms with Gasteiger partial charge in [0.25, 0.3) is 0 Å². The number of nitrogens with two attached hydrogens (primary N) is 1. The predicted molar refractivity (Wildman–Crippen MR) is 99.5 cm³/mol. The van der Waals surface area contributed by atoms with E-state index in [-0.39, 0.29) is 41.3 Å². The van der Waals surface area contributed by atoms with Crippen LogP contribution in [0, 0.1) is 0 Å². The lowest BCUT2D eigenvalue weighted by molar-refractivity contribution is 0.0910. The Morgan fingerprint density at radius 3 is 2.11 bits per heavy atom. The van der Waals surface area contributed by atoms with E-state index in [4.69, 9.17) is 35.9 Å². The van der Waals surface area contributed by atoms with Crippen LogP contribution in [0.1, 0.15) is 19.5 Å². The third kappa shape index (κ3) is 4.11. The zero-order chi connectivity index (χ0) is 20.4. The molecule has 0 spiro atoms. The van der Waals surface area contributed by atoms with E-state index in [0.717, 1.165) is 0 Å². The fraction of sp³-hybridized carbons (Fsp3) is 0.438. The number of pyridine rings is 1. The standard InChI is InChI=1S/C16H20ClF2N2O5P/c1-5-25-27(22,26-6-2)14-13(20)9-7-11(23-3)12(24-4)8-10(9)21-15(14)16(17,18)19/h7-8H,5-6H2,1-4H3,(H2,20,21). The summed E-state index contributed by atoms with van der Waals surface area (Å²) in [6, 6.07) is 2.81. The second-order valence-corrected chi connectivity index (χ2v) is 7.71. The second-order valence-electron chi connectivity index (χ2n) is 5.28. The molecule has 11 heteroatoms. The molecule has 0 unspecified atom stereocenters. The first-order valence-electron chi connectivity index (χ1n) is 7.95. The monoisotopic (exact) mass is 424 g/mol. The van der Waals surface area contributed by atoms with Crippen LogP contribution >= 0.6 is 19.2 Å². The van der Waals surface area contributed by atoms with Gasteiger partial charge in [0.1, 0.15) is 11.0 Å². The summed E-state index contributed by atoms with van der Waals surface area (Å²) >= 11 is 5.24. The van der Waals surface area contributed by atoms with Crippen LogP contribution in [0.15, 0.2) is 12.1 Å². The average molecular weight is 425 g/mol. The number of methoxy groups -OCH3 is 2. The Balaban J connectivity index is 2.96. The molecule has 27 heavy (non-hydrogen) atoms. The van der Waals surface area contributed by atoms with Crippen molar-refractivity contribution in [1.29, 1.82) is 0 Å². The lowest BCUT2D eigenvalue weighted by Gasteiger charge is -2.24. The minimum Gasteiger partial charge on any atom is -0.493 e. The van der Waals surface area contributed by atoms with Crippen molar-refractivity contribution in [2.45, 2.75) is 19.2 Å². The van der Waals surface area contributed by atoms with Crippen molar-refractivity contribution in [3.63, 3.8) is 0 Å². The molecule has 0 radical (unpaired) electrons. The number of ether oxygens (including phenoxy) is 2. The number of hydrogen-bond acceptors (Lipinski definition) is 7. The summed E-state index contributed by atoms with van der Waals surface area (Å²) in [5.74, 6) is 0.545. The van der Waals surface area contributed by atoms with Crippen molar-refractivity contribution < 1.29 is 31.9 Å². The van der Waals surface area contributed by atoms with Crippen LogP contribution in [0.25, 0.3) is 10.9 Å². The molecule has 0 saturated heterocycles. The number of fused-ring (bicyclic) bond motifs is 1. The molecule has 0 aliphatic carbocycles. The first-order valence-corrected chi connectivity index (χ1v) is 9.87. The van der Waals surface area contributed by atoms with Crippen LogP contribution in [0.4, 0.5) is 14.5 Å². The topological polar surface area (TPSA) is 92.9 Å². The van der Waals surface area contributed by atoms with Gasteiger partial charge in [-0.3, -0.25) is 4.57 Å². The largest absolute Gasteiger partial charge is 0.493 e. The fourth-order valence-corrected chi connectivity index (χ4v) is 4.67. The molecule has 0 fully saturated rings. The molecule has 0 amide bonds. The normalized spacial score (nSPS) is 12.4. The smallest absolute Gasteiger partial charge is 0.365 e. The molecule has 0 atom stereocenters. The highest BCUT2D eigenvalue weighted by molar-refractivity contribution is 7.62. The quantitative estimate of drug-likeness (QED) is 0.505. The number of anilines is 1. The van der Waals surface area contributed by atoms with E-state index in [1.165, 1.54) is 26.4 Å². The highest BCUT2D eigenvalue weighted by atomic mass is 35.5. The summed E-state index contributed by atoms with van der Waals surface area (Å²) < 4.78 is 62.2. The van der Waals surface area contributed by atoms with Gasteiger partial charge in [-0.2, -0.15) is 8.78 Å². The highest BCUT2D eigenvalue weighted by Crippen LogP contribution is 2.52. The summed E-state index contributed by atoms with van der Waals surface area (Å²) in [5.41, 5.74) is 4.93. The number of halogens is 3. The van der Waals surface area contributed by atoms with Crippen molar-refractivity contribution >= 4 is 41.1 Å². The summed E-state index contributed by atoms with van der Waals surface area (Å²) in [4.78, 5) is 3.89. The fourth-order valence-electron chi connectivity index (χ4n) is 2.59. The van der Waals surface area contributed by atoms with Gasteiger partial charge >= 0.3 is 13.0 Å². The molecule has 1 aromatic heterocycles. The first kappa shape index (κ1) is 21.6. The van der Waals surface area contributed by atoms with E-state index in [2.05, 4.69) is 4.98 Å². The van der Waals surface area contributed by atoms with Crippen LogP contribution < -0.4 is 20.5 Å². The minimum absolute atomic E-state index is 0.0590. The number of aromatic nitrogens is 1. The van der Waals surface area contributed by atoms with Gasteiger partial charge in [0.2, 0.25) is 0 Å². The minimum atomic E-state index is -4.21. The lowest BCUT2D eigenvalue weighted by atomic mass is 10.1.